The SMILES string of the molecule is COc1ccc(CN(C)C(=O)CSc2nnc(C)n2-c2cccc(C)c2)cc1F. The van der Waals surface area contributed by atoms with Crippen LogP contribution in [0.2, 0.25) is 0 Å². The largest absolute Gasteiger partial charge is 0.494 e. The molecule has 2 aromatic carbocycles. The Labute approximate surface area is 173 Å². The van der Waals surface area contributed by atoms with Crippen molar-refractivity contribution in [2.24, 2.45) is 0 Å². The van der Waals surface area contributed by atoms with Gasteiger partial charge in [0.1, 0.15) is 5.82 Å². The maximum absolute atomic E-state index is 13.9. The third kappa shape index (κ3) is 4.95. The van der Waals surface area contributed by atoms with E-state index in [0.29, 0.717) is 17.3 Å². The number of methoxy groups -OCH3 is 1. The number of aryl methyl sites for hydroxylation is 2. The molecule has 0 aliphatic heterocycles. The van der Waals surface area contributed by atoms with Crippen molar-refractivity contribution in [2.45, 2.75) is 25.5 Å². The van der Waals surface area contributed by atoms with Crippen LogP contribution >= 0.6 is 11.8 Å². The maximum atomic E-state index is 13.9. The summed E-state index contributed by atoms with van der Waals surface area (Å²) in [7, 11) is 3.11. The van der Waals surface area contributed by atoms with Gasteiger partial charge >= 0.3 is 0 Å². The minimum Gasteiger partial charge on any atom is -0.494 e. The summed E-state index contributed by atoms with van der Waals surface area (Å²) in [5.41, 5.74) is 2.79. The molecule has 0 aliphatic rings. The van der Waals surface area contributed by atoms with Crippen molar-refractivity contribution < 1.29 is 13.9 Å². The molecule has 0 unspecified atom stereocenters. The zero-order chi connectivity index (χ0) is 21.0. The van der Waals surface area contributed by atoms with Gasteiger partial charge in [-0.3, -0.25) is 9.36 Å². The molecule has 0 saturated heterocycles. The summed E-state index contributed by atoms with van der Waals surface area (Å²) in [5, 5.41) is 9.02. The molecular formula is C21H23FN4O2S. The Bertz CT molecular complexity index is 1020. The van der Waals surface area contributed by atoms with E-state index in [4.69, 9.17) is 4.74 Å². The first-order valence-corrected chi connectivity index (χ1v) is 10.1. The highest BCUT2D eigenvalue weighted by Crippen LogP contribution is 2.23. The van der Waals surface area contributed by atoms with Crippen LogP contribution in [0, 0.1) is 19.7 Å². The highest BCUT2D eigenvalue weighted by Gasteiger charge is 2.16. The van der Waals surface area contributed by atoms with E-state index in [1.165, 1.54) is 24.9 Å². The molecule has 3 aromatic rings. The molecule has 0 saturated carbocycles. The van der Waals surface area contributed by atoms with Gasteiger partial charge in [0, 0.05) is 19.3 Å². The van der Waals surface area contributed by atoms with Crippen LogP contribution in [0.15, 0.2) is 47.6 Å². The van der Waals surface area contributed by atoms with Crippen molar-refractivity contribution in [3.8, 4) is 11.4 Å². The third-order valence-electron chi connectivity index (χ3n) is 4.44. The van der Waals surface area contributed by atoms with E-state index < -0.39 is 5.82 Å². The predicted molar refractivity (Wildman–Crippen MR) is 111 cm³/mol. The molecule has 6 nitrogen and oxygen atoms in total. The Balaban J connectivity index is 1.66. The molecule has 0 fully saturated rings. The quantitative estimate of drug-likeness (QED) is 0.551. The van der Waals surface area contributed by atoms with Crippen molar-refractivity contribution >= 4 is 17.7 Å². The molecule has 3 rings (SSSR count). The smallest absolute Gasteiger partial charge is 0.233 e. The van der Waals surface area contributed by atoms with E-state index in [1.807, 2.05) is 42.7 Å². The number of aromatic nitrogens is 3. The maximum Gasteiger partial charge on any atom is 0.233 e. The third-order valence-corrected chi connectivity index (χ3v) is 5.36. The lowest BCUT2D eigenvalue weighted by Gasteiger charge is -2.17. The van der Waals surface area contributed by atoms with Crippen LogP contribution < -0.4 is 4.74 Å². The molecule has 8 heteroatoms. The molecule has 0 atom stereocenters. The van der Waals surface area contributed by atoms with Crippen molar-refractivity contribution in [1.29, 1.82) is 0 Å². The summed E-state index contributed by atoms with van der Waals surface area (Å²) in [6.07, 6.45) is 0. The van der Waals surface area contributed by atoms with Gasteiger partial charge in [-0.05, 0) is 49.2 Å². The Morgan fingerprint density at radius 2 is 2.00 bits per heavy atom. The first-order chi connectivity index (χ1) is 13.9. The van der Waals surface area contributed by atoms with Gasteiger partial charge in [-0.25, -0.2) is 4.39 Å². The summed E-state index contributed by atoms with van der Waals surface area (Å²) in [6, 6.07) is 12.7. The second kappa shape index (κ2) is 9.09. The minimum atomic E-state index is -0.443. The Morgan fingerprint density at radius 1 is 1.21 bits per heavy atom. The molecule has 0 radical (unpaired) electrons. The number of halogens is 1. The number of carbonyl (C=O) groups is 1. The molecule has 0 bridgehead atoms. The number of nitrogens with zero attached hydrogens (tertiary/aromatic N) is 4. The molecule has 1 aromatic heterocycles. The first kappa shape index (κ1) is 20.9. The van der Waals surface area contributed by atoms with Gasteiger partial charge in [-0.2, -0.15) is 0 Å². The van der Waals surface area contributed by atoms with Crippen LogP contribution in [0.1, 0.15) is 17.0 Å². The fraction of sp³-hybridized carbons (Fsp3) is 0.286. The molecular weight excluding hydrogens is 391 g/mol. The number of hydrogen-bond acceptors (Lipinski definition) is 5. The molecule has 0 spiro atoms. The predicted octanol–water partition coefficient (Wildman–Crippen LogP) is 3.78. The highest BCUT2D eigenvalue weighted by atomic mass is 32.2. The van der Waals surface area contributed by atoms with Crippen molar-refractivity contribution in [2.75, 3.05) is 19.9 Å². The standard InChI is InChI=1S/C21H23FN4O2S/c1-14-6-5-7-17(10-14)26-15(2)23-24-21(26)29-13-20(27)25(3)12-16-8-9-19(28-4)18(22)11-16/h5-11H,12-13H2,1-4H3. The molecule has 0 aliphatic carbocycles. The molecule has 1 heterocycles. The molecule has 152 valence electrons. The summed E-state index contributed by atoms with van der Waals surface area (Å²) in [5.74, 6) is 0.625. The van der Waals surface area contributed by atoms with Gasteiger partial charge in [0.25, 0.3) is 0 Å². The number of thioether (sulfide) groups is 1. The van der Waals surface area contributed by atoms with E-state index in [2.05, 4.69) is 10.2 Å². The number of rotatable bonds is 7. The highest BCUT2D eigenvalue weighted by molar-refractivity contribution is 7.99. The average molecular weight is 415 g/mol. The Kier molecular flexibility index (Phi) is 6.53. The van der Waals surface area contributed by atoms with Crippen LogP contribution in [-0.4, -0.2) is 45.5 Å². The summed E-state index contributed by atoms with van der Waals surface area (Å²) in [6.45, 7) is 4.21. The fourth-order valence-electron chi connectivity index (χ4n) is 2.91. The molecule has 1 amide bonds. The normalized spacial score (nSPS) is 10.8. The first-order valence-electron chi connectivity index (χ1n) is 9.07. The average Bonchev–Trinajstić information content (AvgIpc) is 3.06. The van der Waals surface area contributed by atoms with Crippen molar-refractivity contribution in [1.82, 2.24) is 19.7 Å². The second-order valence-electron chi connectivity index (χ2n) is 6.71. The number of carbonyl (C=O) groups excluding carboxylic acids is 1. The van der Waals surface area contributed by atoms with E-state index in [-0.39, 0.29) is 17.4 Å². The van der Waals surface area contributed by atoms with E-state index in [1.54, 1.807) is 24.1 Å². The van der Waals surface area contributed by atoms with E-state index >= 15 is 0 Å². The summed E-state index contributed by atoms with van der Waals surface area (Å²) in [4.78, 5) is 14.1. The van der Waals surface area contributed by atoms with E-state index in [9.17, 15) is 9.18 Å². The van der Waals surface area contributed by atoms with Crippen molar-refractivity contribution in [3.05, 3.63) is 65.2 Å². The number of hydrogen-bond donors (Lipinski definition) is 0. The fourth-order valence-corrected chi connectivity index (χ4v) is 3.85. The minimum absolute atomic E-state index is 0.0809. The zero-order valence-electron chi connectivity index (χ0n) is 16.8. The lowest BCUT2D eigenvalue weighted by atomic mass is 10.2. The zero-order valence-corrected chi connectivity index (χ0v) is 17.7. The van der Waals surface area contributed by atoms with E-state index in [0.717, 1.165) is 17.1 Å². The van der Waals surface area contributed by atoms with Crippen molar-refractivity contribution in [3.63, 3.8) is 0 Å². The Morgan fingerprint density at radius 3 is 2.69 bits per heavy atom. The molecule has 0 N–H and O–H groups in total. The monoisotopic (exact) mass is 414 g/mol. The second-order valence-corrected chi connectivity index (χ2v) is 7.65. The van der Waals surface area contributed by atoms with Crippen LogP contribution in [0.5, 0.6) is 5.75 Å². The van der Waals surface area contributed by atoms with Gasteiger partial charge in [-0.15, -0.1) is 10.2 Å². The van der Waals surface area contributed by atoms with Crippen LogP contribution in [0.3, 0.4) is 0 Å². The number of benzene rings is 2. The van der Waals surface area contributed by atoms with Crippen LogP contribution in [0.4, 0.5) is 4.39 Å². The lowest BCUT2D eigenvalue weighted by Crippen LogP contribution is -2.28. The number of ether oxygens (including phenoxy) is 1. The van der Waals surface area contributed by atoms with Crippen LogP contribution in [-0.2, 0) is 11.3 Å². The number of amides is 1. The summed E-state index contributed by atoms with van der Waals surface area (Å²) >= 11 is 1.33. The van der Waals surface area contributed by atoms with Gasteiger partial charge in [0.2, 0.25) is 5.91 Å². The lowest BCUT2D eigenvalue weighted by molar-refractivity contribution is -0.127. The topological polar surface area (TPSA) is 60.2 Å². The summed E-state index contributed by atoms with van der Waals surface area (Å²) < 4.78 is 20.7. The van der Waals surface area contributed by atoms with Gasteiger partial charge in [0.05, 0.1) is 12.9 Å². The Hall–Kier alpha value is -2.87. The molecule has 29 heavy (non-hydrogen) atoms. The van der Waals surface area contributed by atoms with Crippen LogP contribution in [0.25, 0.3) is 5.69 Å². The van der Waals surface area contributed by atoms with Gasteiger partial charge in [0.15, 0.2) is 16.7 Å². The van der Waals surface area contributed by atoms with Gasteiger partial charge < -0.3 is 9.64 Å². The van der Waals surface area contributed by atoms with Gasteiger partial charge in [-0.1, -0.05) is 30.0 Å².